The van der Waals surface area contributed by atoms with E-state index >= 15 is 0 Å². The lowest BCUT2D eigenvalue weighted by molar-refractivity contribution is 0.0697. The molecule has 30 heavy (non-hydrogen) atoms. The second-order valence-electron chi connectivity index (χ2n) is 7.70. The van der Waals surface area contributed by atoms with Crippen LogP contribution in [0.4, 0.5) is 0 Å². The molecule has 0 amide bonds. The molecule has 2 aromatic carbocycles. The number of unbranched alkanes of at least 4 members (excludes halogenated alkanes) is 3. The Bertz CT molecular complexity index is 961. The first-order chi connectivity index (χ1) is 14.6. The molecule has 0 saturated carbocycles. The number of hydrogen-bond donors (Lipinski definition) is 1. The van der Waals surface area contributed by atoms with Crippen molar-refractivity contribution in [1.29, 1.82) is 0 Å². The maximum atomic E-state index is 11.5. The molecule has 0 unspecified atom stereocenters. The van der Waals surface area contributed by atoms with Gasteiger partial charge in [-0.05, 0) is 35.6 Å². The van der Waals surface area contributed by atoms with E-state index in [1.807, 2.05) is 24.3 Å². The van der Waals surface area contributed by atoms with Gasteiger partial charge >= 0.3 is 5.97 Å². The number of carboxylic acids is 1. The van der Waals surface area contributed by atoms with Crippen molar-refractivity contribution < 1.29 is 9.90 Å². The maximum Gasteiger partial charge on any atom is 0.336 e. The van der Waals surface area contributed by atoms with Gasteiger partial charge in [0.05, 0.1) is 5.56 Å². The Morgan fingerprint density at radius 3 is 2.40 bits per heavy atom. The Hall–Kier alpha value is -2.95. The van der Waals surface area contributed by atoms with E-state index in [4.69, 9.17) is 10.1 Å². The Morgan fingerprint density at radius 2 is 1.70 bits per heavy atom. The Morgan fingerprint density at radius 1 is 0.967 bits per heavy atom. The minimum absolute atomic E-state index is 0.321. The van der Waals surface area contributed by atoms with E-state index in [0.717, 1.165) is 67.0 Å². The number of hydrogen-bond acceptors (Lipinski definition) is 3. The van der Waals surface area contributed by atoms with Gasteiger partial charge in [0.15, 0.2) is 5.82 Å². The van der Waals surface area contributed by atoms with Gasteiger partial charge in [0.25, 0.3) is 0 Å². The number of aryl methyl sites for hydroxylation is 2. The van der Waals surface area contributed by atoms with E-state index in [1.54, 1.807) is 12.1 Å². The van der Waals surface area contributed by atoms with Gasteiger partial charge in [0, 0.05) is 19.4 Å². The van der Waals surface area contributed by atoms with Crippen LogP contribution in [0.1, 0.15) is 73.5 Å². The molecule has 1 aromatic heterocycles. The normalized spacial score (nSPS) is 11.0. The van der Waals surface area contributed by atoms with Gasteiger partial charge in [-0.25, -0.2) is 14.5 Å². The number of nitrogens with zero attached hydrogens (tertiary/aromatic N) is 3. The summed E-state index contributed by atoms with van der Waals surface area (Å²) in [5, 5.41) is 14.2. The maximum absolute atomic E-state index is 11.5. The van der Waals surface area contributed by atoms with Crippen LogP contribution < -0.4 is 0 Å². The van der Waals surface area contributed by atoms with Crippen molar-refractivity contribution in [3.63, 3.8) is 0 Å². The molecule has 1 N–H and O–H groups in total. The van der Waals surface area contributed by atoms with E-state index in [1.165, 1.54) is 12.8 Å². The van der Waals surface area contributed by atoms with Crippen LogP contribution in [0, 0.1) is 0 Å². The molecule has 0 atom stereocenters. The van der Waals surface area contributed by atoms with Gasteiger partial charge in [0.1, 0.15) is 5.82 Å². The summed E-state index contributed by atoms with van der Waals surface area (Å²) in [4.78, 5) is 16.3. The van der Waals surface area contributed by atoms with Crippen molar-refractivity contribution in [3.05, 3.63) is 71.3 Å². The molecule has 0 radical (unpaired) electrons. The van der Waals surface area contributed by atoms with E-state index in [-0.39, 0.29) is 0 Å². The second-order valence-corrected chi connectivity index (χ2v) is 7.70. The molecule has 0 spiro atoms. The lowest BCUT2D eigenvalue weighted by Crippen LogP contribution is -2.06. The van der Waals surface area contributed by atoms with E-state index in [0.29, 0.717) is 5.56 Å². The third kappa shape index (κ3) is 5.56. The standard InChI is InChI=1S/C25H31N3O2/c1-3-5-7-12-23-26-24(28(27-23)17-6-4-2)18-19-13-15-20(16-14-19)21-10-8-9-11-22(21)25(29)30/h8-11,13-16H,3-7,12,17-18H2,1-2H3,(H,29,30). The van der Waals surface area contributed by atoms with Gasteiger partial charge < -0.3 is 5.11 Å². The zero-order chi connectivity index (χ0) is 21.3. The fourth-order valence-corrected chi connectivity index (χ4v) is 3.59. The summed E-state index contributed by atoms with van der Waals surface area (Å²) >= 11 is 0. The summed E-state index contributed by atoms with van der Waals surface area (Å²) in [6.45, 7) is 5.29. The topological polar surface area (TPSA) is 68.0 Å². The molecule has 3 aromatic rings. The first kappa shape index (κ1) is 21.8. The molecule has 1 heterocycles. The number of carbonyl (C=O) groups is 1. The molecule has 0 saturated heterocycles. The molecule has 0 aliphatic rings. The predicted molar refractivity (Wildman–Crippen MR) is 120 cm³/mol. The average molecular weight is 406 g/mol. The molecular weight excluding hydrogens is 374 g/mol. The highest BCUT2D eigenvalue weighted by Gasteiger charge is 2.13. The molecular formula is C25H31N3O2. The zero-order valence-electron chi connectivity index (χ0n) is 18.0. The molecule has 0 aliphatic carbocycles. The summed E-state index contributed by atoms with van der Waals surface area (Å²) in [6, 6.07) is 15.2. The highest BCUT2D eigenvalue weighted by atomic mass is 16.4. The third-order valence-corrected chi connectivity index (χ3v) is 5.30. The average Bonchev–Trinajstić information content (AvgIpc) is 3.14. The summed E-state index contributed by atoms with van der Waals surface area (Å²) < 4.78 is 2.07. The highest BCUT2D eigenvalue weighted by Crippen LogP contribution is 2.24. The minimum Gasteiger partial charge on any atom is -0.478 e. The largest absolute Gasteiger partial charge is 0.478 e. The van der Waals surface area contributed by atoms with Crippen molar-refractivity contribution >= 4 is 5.97 Å². The van der Waals surface area contributed by atoms with Crippen LogP contribution in [0.2, 0.25) is 0 Å². The lowest BCUT2D eigenvalue weighted by Gasteiger charge is -2.08. The number of carboxylic acid groups (broad SMARTS) is 1. The summed E-state index contributed by atoms with van der Waals surface area (Å²) in [5.74, 6) is 1.05. The molecule has 5 nitrogen and oxygen atoms in total. The van der Waals surface area contributed by atoms with E-state index < -0.39 is 5.97 Å². The van der Waals surface area contributed by atoms with Gasteiger partial charge in [-0.3, -0.25) is 0 Å². The van der Waals surface area contributed by atoms with Crippen LogP contribution in [-0.2, 0) is 19.4 Å². The van der Waals surface area contributed by atoms with Gasteiger partial charge in [-0.2, -0.15) is 5.10 Å². The molecule has 0 aliphatic heterocycles. The van der Waals surface area contributed by atoms with Crippen LogP contribution in [0.5, 0.6) is 0 Å². The SMILES string of the molecule is CCCCCc1nc(Cc2ccc(-c3ccccc3C(=O)O)cc2)n(CCCC)n1. The first-order valence-electron chi connectivity index (χ1n) is 11.0. The van der Waals surface area contributed by atoms with Crippen molar-refractivity contribution in [1.82, 2.24) is 14.8 Å². The van der Waals surface area contributed by atoms with Crippen LogP contribution in [0.3, 0.4) is 0 Å². The molecule has 3 rings (SSSR count). The first-order valence-corrected chi connectivity index (χ1v) is 11.0. The molecule has 0 fully saturated rings. The van der Waals surface area contributed by atoms with E-state index in [9.17, 15) is 9.90 Å². The Balaban J connectivity index is 1.78. The van der Waals surface area contributed by atoms with Crippen molar-refractivity contribution in [3.8, 4) is 11.1 Å². The smallest absolute Gasteiger partial charge is 0.336 e. The summed E-state index contributed by atoms with van der Waals surface area (Å²) in [5.41, 5.74) is 3.11. The Labute approximate surface area is 178 Å². The van der Waals surface area contributed by atoms with Crippen molar-refractivity contribution in [2.24, 2.45) is 0 Å². The predicted octanol–water partition coefficient (Wildman–Crippen LogP) is 5.77. The fraction of sp³-hybridized carbons (Fsp3) is 0.400. The van der Waals surface area contributed by atoms with Gasteiger partial charge in [-0.1, -0.05) is 75.6 Å². The number of benzene rings is 2. The molecule has 158 valence electrons. The Kier molecular flexibility index (Phi) is 7.77. The fourth-order valence-electron chi connectivity index (χ4n) is 3.59. The number of aromatic nitrogens is 3. The second kappa shape index (κ2) is 10.7. The third-order valence-electron chi connectivity index (χ3n) is 5.30. The van der Waals surface area contributed by atoms with Crippen LogP contribution in [0.15, 0.2) is 48.5 Å². The summed E-state index contributed by atoms with van der Waals surface area (Å²) in [6.07, 6.45) is 7.42. The zero-order valence-corrected chi connectivity index (χ0v) is 18.0. The van der Waals surface area contributed by atoms with Crippen LogP contribution in [-0.4, -0.2) is 25.8 Å². The monoisotopic (exact) mass is 405 g/mol. The van der Waals surface area contributed by atoms with Gasteiger partial charge in [-0.15, -0.1) is 0 Å². The van der Waals surface area contributed by atoms with Crippen molar-refractivity contribution in [2.75, 3.05) is 0 Å². The van der Waals surface area contributed by atoms with Crippen molar-refractivity contribution in [2.45, 2.75) is 65.3 Å². The molecule has 0 bridgehead atoms. The van der Waals surface area contributed by atoms with Crippen LogP contribution >= 0.6 is 0 Å². The number of rotatable bonds is 11. The summed E-state index contributed by atoms with van der Waals surface area (Å²) in [7, 11) is 0. The van der Waals surface area contributed by atoms with Gasteiger partial charge in [0.2, 0.25) is 0 Å². The molecule has 5 heteroatoms. The van der Waals surface area contributed by atoms with E-state index in [2.05, 4.69) is 30.7 Å². The lowest BCUT2D eigenvalue weighted by atomic mass is 9.98. The minimum atomic E-state index is -0.908. The highest BCUT2D eigenvalue weighted by molar-refractivity contribution is 5.95. The van der Waals surface area contributed by atoms with Crippen LogP contribution in [0.25, 0.3) is 11.1 Å². The quantitative estimate of drug-likeness (QED) is 0.411. The number of aromatic carboxylic acids is 1.